The van der Waals surface area contributed by atoms with Gasteiger partial charge in [-0.15, -0.1) is 11.3 Å². The molecule has 3 N–H and O–H groups in total. The molecule has 2 aromatic rings. The molecule has 2 aromatic heterocycles. The lowest BCUT2D eigenvalue weighted by atomic mass is 10.1. The van der Waals surface area contributed by atoms with E-state index in [2.05, 4.69) is 20.9 Å². The van der Waals surface area contributed by atoms with Crippen molar-refractivity contribution in [3.8, 4) is 0 Å². The number of likely N-dealkylation sites (tertiary alicyclic amines) is 1. The Balaban J connectivity index is 1.55. The van der Waals surface area contributed by atoms with Crippen LogP contribution in [0.1, 0.15) is 23.9 Å². The van der Waals surface area contributed by atoms with Gasteiger partial charge in [0, 0.05) is 42.5 Å². The molecule has 0 saturated carbocycles. The van der Waals surface area contributed by atoms with Crippen molar-refractivity contribution in [3.05, 3.63) is 44.5 Å². The van der Waals surface area contributed by atoms with Crippen molar-refractivity contribution in [1.29, 1.82) is 0 Å². The van der Waals surface area contributed by atoms with Crippen molar-refractivity contribution in [3.63, 3.8) is 0 Å². The second-order valence-corrected chi connectivity index (χ2v) is 7.98. The normalized spacial score (nSPS) is 18.4. The van der Waals surface area contributed by atoms with Gasteiger partial charge in [-0.2, -0.15) is 0 Å². The first kappa shape index (κ1) is 18.6. The number of aromatic nitrogens is 2. The van der Waals surface area contributed by atoms with E-state index < -0.39 is 0 Å². The molecule has 0 spiro atoms. The number of amides is 1. The van der Waals surface area contributed by atoms with Crippen LogP contribution in [-0.4, -0.2) is 51.9 Å². The van der Waals surface area contributed by atoms with E-state index in [1.807, 2.05) is 30.3 Å². The smallest absolute Gasteiger partial charge is 0.252 e. The maximum atomic E-state index is 12.7. The Hall–Kier alpha value is -2.19. The third kappa shape index (κ3) is 4.50. The molecule has 1 amide bonds. The fraction of sp³-hybridized carbons (Fsp3) is 0.500. The van der Waals surface area contributed by atoms with Gasteiger partial charge >= 0.3 is 0 Å². The van der Waals surface area contributed by atoms with Gasteiger partial charge in [-0.3, -0.25) is 19.5 Å². The minimum absolute atomic E-state index is 0.00754. The van der Waals surface area contributed by atoms with E-state index in [0.29, 0.717) is 18.8 Å². The number of anilines is 1. The van der Waals surface area contributed by atoms with Crippen LogP contribution in [0, 0.1) is 5.92 Å². The maximum absolute atomic E-state index is 12.7. The second-order valence-electron chi connectivity index (χ2n) is 6.95. The molecule has 26 heavy (non-hydrogen) atoms. The van der Waals surface area contributed by atoms with E-state index in [4.69, 9.17) is 5.73 Å². The molecule has 1 aliphatic heterocycles. The predicted molar refractivity (Wildman–Crippen MR) is 103 cm³/mol. The van der Waals surface area contributed by atoms with Gasteiger partial charge in [-0.05, 0) is 31.3 Å². The molecule has 7 nitrogen and oxygen atoms in total. The van der Waals surface area contributed by atoms with E-state index in [0.717, 1.165) is 19.4 Å². The number of rotatable bonds is 6. The van der Waals surface area contributed by atoms with Crippen LogP contribution in [0.25, 0.3) is 0 Å². The second kappa shape index (κ2) is 8.01. The van der Waals surface area contributed by atoms with E-state index in [1.54, 1.807) is 11.3 Å². The lowest BCUT2D eigenvalue weighted by molar-refractivity contribution is -0.134. The minimum Gasteiger partial charge on any atom is -0.369 e. The SMILES string of the molecule is C[C@H](Cc1cccs1)C(=O)N1CC[C@@H](N(C)Cc2cc(=O)[nH]c(N)n2)C1. The summed E-state index contributed by atoms with van der Waals surface area (Å²) in [6.45, 7) is 4.02. The first-order valence-electron chi connectivity index (χ1n) is 8.79. The van der Waals surface area contributed by atoms with Crippen LogP contribution < -0.4 is 11.3 Å². The number of H-pyrrole nitrogens is 1. The lowest BCUT2D eigenvalue weighted by Gasteiger charge is -2.25. The predicted octanol–water partition coefficient (Wildman–Crippen LogP) is 1.33. The Morgan fingerprint density at radius 1 is 1.58 bits per heavy atom. The molecule has 0 aromatic carbocycles. The Labute approximate surface area is 156 Å². The molecule has 1 saturated heterocycles. The Morgan fingerprint density at radius 2 is 2.38 bits per heavy atom. The molecule has 2 atom stereocenters. The average molecular weight is 375 g/mol. The van der Waals surface area contributed by atoms with Gasteiger partial charge in [0.2, 0.25) is 11.9 Å². The van der Waals surface area contributed by atoms with Gasteiger partial charge in [-0.25, -0.2) is 4.98 Å². The van der Waals surface area contributed by atoms with Crippen molar-refractivity contribution in [1.82, 2.24) is 19.8 Å². The molecule has 0 radical (unpaired) electrons. The van der Waals surface area contributed by atoms with Crippen LogP contribution in [-0.2, 0) is 17.8 Å². The van der Waals surface area contributed by atoms with Gasteiger partial charge in [0.05, 0.1) is 5.69 Å². The number of nitrogens with two attached hydrogens (primary N) is 1. The van der Waals surface area contributed by atoms with Crippen molar-refractivity contribution in [2.24, 2.45) is 5.92 Å². The minimum atomic E-state index is -0.244. The van der Waals surface area contributed by atoms with Gasteiger partial charge in [0.15, 0.2) is 0 Å². The number of nitrogen functional groups attached to an aromatic ring is 1. The number of likely N-dealkylation sites (N-methyl/N-ethyl adjacent to an activating group) is 1. The largest absolute Gasteiger partial charge is 0.369 e. The summed E-state index contributed by atoms with van der Waals surface area (Å²) in [5.74, 6) is 0.339. The zero-order chi connectivity index (χ0) is 18.7. The van der Waals surface area contributed by atoms with Crippen molar-refractivity contribution in [2.45, 2.75) is 32.4 Å². The van der Waals surface area contributed by atoms with Crippen LogP contribution in [0.15, 0.2) is 28.4 Å². The fourth-order valence-corrected chi connectivity index (χ4v) is 4.26. The highest BCUT2D eigenvalue weighted by Crippen LogP contribution is 2.21. The summed E-state index contributed by atoms with van der Waals surface area (Å²) in [4.78, 5) is 36.2. The summed E-state index contributed by atoms with van der Waals surface area (Å²) in [7, 11) is 1.99. The van der Waals surface area contributed by atoms with E-state index >= 15 is 0 Å². The molecular formula is C18H25N5O2S. The molecule has 1 fully saturated rings. The number of nitrogens with one attached hydrogen (secondary N) is 1. The number of aromatic amines is 1. The highest BCUT2D eigenvalue weighted by atomic mass is 32.1. The van der Waals surface area contributed by atoms with Crippen LogP contribution in [0.4, 0.5) is 5.95 Å². The van der Waals surface area contributed by atoms with Crippen molar-refractivity contribution < 1.29 is 4.79 Å². The van der Waals surface area contributed by atoms with Gasteiger partial charge in [0.1, 0.15) is 0 Å². The molecule has 8 heteroatoms. The number of carbonyl (C=O) groups excluding carboxylic acids is 1. The third-order valence-electron chi connectivity index (χ3n) is 4.83. The standard InChI is InChI=1S/C18H25N5O2S/c1-12(8-15-4-3-7-26-15)17(25)23-6-5-14(11-23)22(2)10-13-9-16(24)21-18(19)20-13/h3-4,7,9,12,14H,5-6,8,10-11H2,1-2H3,(H3,19,20,21,24)/t12-,14-/m1/s1. The van der Waals surface area contributed by atoms with E-state index in [-0.39, 0.29) is 29.4 Å². The molecule has 3 heterocycles. The molecule has 3 rings (SSSR count). The highest BCUT2D eigenvalue weighted by molar-refractivity contribution is 7.09. The van der Waals surface area contributed by atoms with Gasteiger partial charge in [-0.1, -0.05) is 13.0 Å². The van der Waals surface area contributed by atoms with E-state index in [1.165, 1.54) is 10.9 Å². The first-order chi connectivity index (χ1) is 12.4. The van der Waals surface area contributed by atoms with Crippen molar-refractivity contribution >= 4 is 23.2 Å². The van der Waals surface area contributed by atoms with Crippen LogP contribution in [0.3, 0.4) is 0 Å². The first-order valence-corrected chi connectivity index (χ1v) is 9.67. The quantitative estimate of drug-likeness (QED) is 0.794. The van der Waals surface area contributed by atoms with Gasteiger partial charge in [0.25, 0.3) is 5.56 Å². The summed E-state index contributed by atoms with van der Waals surface area (Å²) >= 11 is 1.70. The molecule has 140 valence electrons. The number of hydrogen-bond donors (Lipinski definition) is 2. The number of thiophene rings is 1. The highest BCUT2D eigenvalue weighted by Gasteiger charge is 2.31. The Bertz CT molecular complexity index is 804. The number of nitrogens with zero attached hydrogens (tertiary/aromatic N) is 3. The molecule has 0 bridgehead atoms. The van der Waals surface area contributed by atoms with Gasteiger partial charge < -0.3 is 10.6 Å². The summed E-state index contributed by atoms with van der Waals surface area (Å²) < 4.78 is 0. The number of hydrogen-bond acceptors (Lipinski definition) is 6. The molecule has 0 aliphatic carbocycles. The summed E-state index contributed by atoms with van der Waals surface area (Å²) in [5.41, 5.74) is 6.00. The maximum Gasteiger partial charge on any atom is 0.252 e. The van der Waals surface area contributed by atoms with Crippen LogP contribution in [0.5, 0.6) is 0 Å². The molecular weight excluding hydrogens is 350 g/mol. The third-order valence-corrected chi connectivity index (χ3v) is 5.73. The van der Waals surface area contributed by atoms with Crippen molar-refractivity contribution in [2.75, 3.05) is 25.9 Å². The van der Waals surface area contributed by atoms with E-state index in [9.17, 15) is 9.59 Å². The Kier molecular flexibility index (Phi) is 5.73. The number of carbonyl (C=O) groups is 1. The van der Waals surface area contributed by atoms with Crippen LogP contribution in [0.2, 0.25) is 0 Å². The zero-order valence-corrected chi connectivity index (χ0v) is 16.0. The summed E-state index contributed by atoms with van der Waals surface area (Å²) in [6, 6.07) is 5.83. The summed E-state index contributed by atoms with van der Waals surface area (Å²) in [5, 5.41) is 2.04. The monoisotopic (exact) mass is 375 g/mol. The Morgan fingerprint density at radius 3 is 3.08 bits per heavy atom. The molecule has 1 aliphatic rings. The summed E-state index contributed by atoms with van der Waals surface area (Å²) in [6.07, 6.45) is 1.72. The fourth-order valence-electron chi connectivity index (χ4n) is 3.43. The average Bonchev–Trinajstić information content (AvgIpc) is 3.24. The zero-order valence-electron chi connectivity index (χ0n) is 15.1. The topological polar surface area (TPSA) is 95.3 Å². The molecule has 0 unspecified atom stereocenters. The van der Waals surface area contributed by atoms with Crippen LogP contribution >= 0.6 is 11.3 Å². The lowest BCUT2D eigenvalue weighted by Crippen LogP contribution is -2.38.